The van der Waals surface area contributed by atoms with Crippen LogP contribution in [0.4, 0.5) is 0 Å². The van der Waals surface area contributed by atoms with Crippen LogP contribution in [0.25, 0.3) is 0 Å². The number of carbonyl (C=O) groups is 2. The Hall–Kier alpha value is -2.57. The summed E-state index contributed by atoms with van der Waals surface area (Å²) in [6, 6.07) is 27.5. The van der Waals surface area contributed by atoms with Crippen LogP contribution in [0.5, 0.6) is 0 Å². The summed E-state index contributed by atoms with van der Waals surface area (Å²) in [5.74, 6) is 1.41. The molecule has 4 nitrogen and oxygen atoms in total. The van der Waals surface area contributed by atoms with Crippen molar-refractivity contribution in [2.45, 2.75) is 57.5 Å². The summed E-state index contributed by atoms with van der Waals surface area (Å²) in [5, 5.41) is 3.11. The van der Waals surface area contributed by atoms with Gasteiger partial charge in [0.1, 0.15) is 6.04 Å². The SMILES string of the molecule is CC(C)(C)NC(=O)C(Cc1ccccc1)N(Cc1cccc(Br)c1)C(=O)CCSCc1ccccc1. The second-order valence-corrected chi connectivity index (χ2v) is 11.9. The molecule has 3 rings (SSSR count). The van der Waals surface area contributed by atoms with Gasteiger partial charge < -0.3 is 10.2 Å². The van der Waals surface area contributed by atoms with Crippen LogP contribution in [-0.4, -0.2) is 34.0 Å². The van der Waals surface area contributed by atoms with Crippen LogP contribution in [0.15, 0.2) is 89.4 Å². The van der Waals surface area contributed by atoms with Gasteiger partial charge >= 0.3 is 0 Å². The molecule has 2 amide bonds. The molecule has 0 fully saturated rings. The lowest BCUT2D eigenvalue weighted by molar-refractivity contribution is -0.141. The third-order valence-corrected chi connectivity index (χ3v) is 7.11. The van der Waals surface area contributed by atoms with Crippen molar-refractivity contribution in [3.05, 3.63) is 106 Å². The summed E-state index contributed by atoms with van der Waals surface area (Å²) < 4.78 is 0.949. The second-order valence-electron chi connectivity index (χ2n) is 9.88. The van der Waals surface area contributed by atoms with Gasteiger partial charge in [0.15, 0.2) is 0 Å². The molecule has 0 aliphatic carbocycles. The quantitative estimate of drug-likeness (QED) is 0.265. The Morgan fingerprint density at radius 2 is 1.50 bits per heavy atom. The lowest BCUT2D eigenvalue weighted by atomic mass is 10.0. The first kappa shape index (κ1) is 28.0. The maximum Gasteiger partial charge on any atom is 0.243 e. The number of nitrogens with zero attached hydrogens (tertiary/aromatic N) is 1. The standard InChI is InChI=1S/C30H35BrN2O2S/c1-30(2,3)32-29(35)27(20-23-11-6-4-7-12-23)33(21-25-15-10-16-26(31)19-25)28(34)17-18-36-22-24-13-8-5-9-14-24/h4-16,19,27H,17-18,20-22H2,1-3H3,(H,32,35). The molecule has 1 unspecified atom stereocenters. The van der Waals surface area contributed by atoms with E-state index in [1.54, 1.807) is 16.7 Å². The number of thioether (sulfide) groups is 1. The molecule has 6 heteroatoms. The van der Waals surface area contributed by atoms with Gasteiger partial charge in [-0.3, -0.25) is 9.59 Å². The first-order valence-electron chi connectivity index (χ1n) is 12.2. The third kappa shape index (κ3) is 9.47. The summed E-state index contributed by atoms with van der Waals surface area (Å²) in [7, 11) is 0. The second kappa shape index (κ2) is 13.7. The predicted octanol–water partition coefficient (Wildman–Crippen LogP) is 6.63. The van der Waals surface area contributed by atoms with Crippen molar-refractivity contribution in [3.8, 4) is 0 Å². The topological polar surface area (TPSA) is 49.4 Å². The van der Waals surface area contributed by atoms with Crippen molar-refractivity contribution < 1.29 is 9.59 Å². The van der Waals surface area contributed by atoms with E-state index in [2.05, 4.69) is 33.4 Å². The Balaban J connectivity index is 1.82. The van der Waals surface area contributed by atoms with E-state index in [0.717, 1.165) is 21.4 Å². The van der Waals surface area contributed by atoms with Gasteiger partial charge in [0.2, 0.25) is 11.8 Å². The van der Waals surface area contributed by atoms with Crippen molar-refractivity contribution in [3.63, 3.8) is 0 Å². The number of rotatable bonds is 11. The summed E-state index contributed by atoms with van der Waals surface area (Å²) in [5.41, 5.74) is 2.85. The molecule has 36 heavy (non-hydrogen) atoms. The highest BCUT2D eigenvalue weighted by Crippen LogP contribution is 2.20. The van der Waals surface area contributed by atoms with Crippen LogP contribution in [-0.2, 0) is 28.3 Å². The van der Waals surface area contributed by atoms with Crippen molar-refractivity contribution >= 4 is 39.5 Å². The zero-order chi connectivity index (χ0) is 26.0. The molecule has 1 atom stereocenters. The van der Waals surface area contributed by atoms with Gasteiger partial charge in [0.25, 0.3) is 0 Å². The van der Waals surface area contributed by atoms with Gasteiger partial charge in [0.05, 0.1) is 0 Å². The van der Waals surface area contributed by atoms with E-state index >= 15 is 0 Å². The fourth-order valence-electron chi connectivity index (χ4n) is 3.91. The van der Waals surface area contributed by atoms with E-state index in [4.69, 9.17) is 0 Å². The highest BCUT2D eigenvalue weighted by atomic mass is 79.9. The Labute approximate surface area is 228 Å². The zero-order valence-corrected chi connectivity index (χ0v) is 23.6. The van der Waals surface area contributed by atoms with E-state index in [9.17, 15) is 9.59 Å². The predicted molar refractivity (Wildman–Crippen MR) is 154 cm³/mol. The van der Waals surface area contributed by atoms with Crippen LogP contribution >= 0.6 is 27.7 Å². The molecular weight excluding hydrogens is 532 g/mol. The normalized spacial score (nSPS) is 12.1. The fraction of sp³-hybridized carbons (Fsp3) is 0.333. The minimum absolute atomic E-state index is 0.0134. The summed E-state index contributed by atoms with van der Waals surface area (Å²) >= 11 is 5.28. The van der Waals surface area contributed by atoms with Gasteiger partial charge in [-0.1, -0.05) is 88.7 Å². The van der Waals surface area contributed by atoms with E-state index in [1.807, 2.05) is 93.6 Å². The lowest BCUT2D eigenvalue weighted by Crippen LogP contribution is -2.54. The largest absolute Gasteiger partial charge is 0.350 e. The van der Waals surface area contributed by atoms with E-state index in [1.165, 1.54) is 5.56 Å². The molecule has 0 spiro atoms. The van der Waals surface area contributed by atoms with Crippen molar-refractivity contribution in [1.29, 1.82) is 0 Å². The molecule has 0 aliphatic heterocycles. The molecular formula is C30H35BrN2O2S. The van der Waals surface area contributed by atoms with Gasteiger partial charge in [-0.05, 0) is 49.6 Å². The molecule has 3 aromatic carbocycles. The molecule has 0 radical (unpaired) electrons. The Morgan fingerprint density at radius 1 is 0.889 bits per heavy atom. The van der Waals surface area contributed by atoms with Crippen molar-refractivity contribution in [1.82, 2.24) is 10.2 Å². The molecule has 0 saturated heterocycles. The average molecular weight is 568 g/mol. The molecule has 0 aromatic heterocycles. The molecule has 0 heterocycles. The van der Waals surface area contributed by atoms with Gasteiger partial charge in [-0.25, -0.2) is 0 Å². The Kier molecular flexibility index (Phi) is 10.6. The van der Waals surface area contributed by atoms with E-state index in [-0.39, 0.29) is 11.8 Å². The van der Waals surface area contributed by atoms with E-state index in [0.29, 0.717) is 25.1 Å². The van der Waals surface area contributed by atoms with E-state index < -0.39 is 11.6 Å². The summed E-state index contributed by atoms with van der Waals surface area (Å²) in [6.07, 6.45) is 0.833. The minimum atomic E-state index is -0.614. The average Bonchev–Trinajstić information content (AvgIpc) is 2.84. The highest BCUT2D eigenvalue weighted by molar-refractivity contribution is 9.10. The number of nitrogens with one attached hydrogen (secondary N) is 1. The summed E-state index contributed by atoms with van der Waals surface area (Å²) in [6.45, 7) is 6.26. The third-order valence-electron chi connectivity index (χ3n) is 5.58. The van der Waals surface area contributed by atoms with Crippen LogP contribution in [0.2, 0.25) is 0 Å². The number of carbonyl (C=O) groups excluding carboxylic acids is 2. The molecule has 1 N–H and O–H groups in total. The van der Waals surface area contributed by atoms with Crippen molar-refractivity contribution in [2.75, 3.05) is 5.75 Å². The van der Waals surface area contributed by atoms with Crippen LogP contribution in [0.3, 0.4) is 0 Å². The molecule has 190 valence electrons. The van der Waals surface area contributed by atoms with Crippen LogP contribution < -0.4 is 5.32 Å². The Bertz CT molecular complexity index is 1120. The molecule has 0 bridgehead atoms. The number of hydrogen-bond acceptors (Lipinski definition) is 3. The maximum absolute atomic E-state index is 13.7. The molecule has 0 saturated carbocycles. The fourth-order valence-corrected chi connectivity index (χ4v) is 5.24. The van der Waals surface area contributed by atoms with Crippen LogP contribution in [0.1, 0.15) is 43.9 Å². The lowest BCUT2D eigenvalue weighted by Gasteiger charge is -2.34. The minimum Gasteiger partial charge on any atom is -0.350 e. The first-order valence-corrected chi connectivity index (χ1v) is 14.2. The maximum atomic E-state index is 13.7. The van der Waals surface area contributed by atoms with Gasteiger partial charge in [-0.2, -0.15) is 11.8 Å². The van der Waals surface area contributed by atoms with Gasteiger partial charge in [-0.15, -0.1) is 0 Å². The summed E-state index contributed by atoms with van der Waals surface area (Å²) in [4.78, 5) is 29.0. The van der Waals surface area contributed by atoms with Crippen molar-refractivity contribution in [2.24, 2.45) is 0 Å². The number of amides is 2. The zero-order valence-electron chi connectivity index (χ0n) is 21.2. The Morgan fingerprint density at radius 3 is 2.11 bits per heavy atom. The van der Waals surface area contributed by atoms with Gasteiger partial charge in [0, 0.05) is 40.9 Å². The number of hydrogen-bond donors (Lipinski definition) is 1. The number of benzene rings is 3. The smallest absolute Gasteiger partial charge is 0.243 e. The number of halogens is 1. The van der Waals surface area contributed by atoms with Crippen LogP contribution in [0, 0.1) is 0 Å². The molecule has 3 aromatic rings. The highest BCUT2D eigenvalue weighted by Gasteiger charge is 2.32. The first-order chi connectivity index (χ1) is 17.2. The monoisotopic (exact) mass is 566 g/mol. The molecule has 0 aliphatic rings.